The van der Waals surface area contributed by atoms with Crippen LogP contribution < -0.4 is 5.32 Å². The number of hydrogen-bond acceptors (Lipinski definition) is 3. The molecular formula is C23H25FN4OS. The molecule has 1 aliphatic rings. The topological polar surface area (TPSA) is 42.3 Å². The van der Waals surface area contributed by atoms with Crippen LogP contribution in [0.5, 0.6) is 0 Å². The molecular weight excluding hydrogens is 399 g/mol. The van der Waals surface area contributed by atoms with Gasteiger partial charge in [-0.15, -0.1) is 0 Å². The third-order valence-electron chi connectivity index (χ3n) is 5.59. The Labute approximate surface area is 181 Å². The van der Waals surface area contributed by atoms with Crippen LogP contribution >= 0.6 is 12.2 Å². The normalized spacial score (nSPS) is 18.7. The van der Waals surface area contributed by atoms with Crippen molar-refractivity contribution in [3.63, 3.8) is 0 Å². The molecule has 0 spiro atoms. The Morgan fingerprint density at radius 2 is 2.00 bits per heavy atom. The van der Waals surface area contributed by atoms with Gasteiger partial charge in [0.25, 0.3) is 0 Å². The van der Waals surface area contributed by atoms with E-state index in [1.54, 1.807) is 25.4 Å². The predicted octanol–water partition coefficient (Wildman–Crippen LogP) is 4.25. The number of thiocarbonyl (C=S) groups is 1. The molecule has 156 valence electrons. The van der Waals surface area contributed by atoms with Crippen molar-refractivity contribution in [3.05, 3.63) is 83.2 Å². The SMILES string of the molecule is COCCN1C(=S)N[C@H](c2ccccn2)[C@H]1c1cc(C)n(-c2cccc(F)c2)c1C. The van der Waals surface area contributed by atoms with Crippen LogP contribution in [0, 0.1) is 19.7 Å². The fraction of sp³-hybridized carbons (Fsp3) is 0.304. The Balaban J connectivity index is 1.82. The zero-order valence-corrected chi connectivity index (χ0v) is 18.1. The predicted molar refractivity (Wildman–Crippen MR) is 119 cm³/mol. The first-order chi connectivity index (χ1) is 14.5. The van der Waals surface area contributed by atoms with Crippen LogP contribution in [0.2, 0.25) is 0 Å². The summed E-state index contributed by atoms with van der Waals surface area (Å²) in [7, 11) is 1.69. The highest BCUT2D eigenvalue weighted by Gasteiger charge is 2.41. The highest BCUT2D eigenvalue weighted by molar-refractivity contribution is 7.80. The average molecular weight is 425 g/mol. The number of nitrogens with zero attached hydrogens (tertiary/aromatic N) is 3. The lowest BCUT2D eigenvalue weighted by atomic mass is 9.97. The van der Waals surface area contributed by atoms with E-state index in [2.05, 4.69) is 32.8 Å². The molecule has 3 aromatic rings. The first-order valence-electron chi connectivity index (χ1n) is 9.93. The minimum absolute atomic E-state index is 0.0453. The highest BCUT2D eigenvalue weighted by Crippen LogP contribution is 2.41. The van der Waals surface area contributed by atoms with Crippen LogP contribution in [0.3, 0.4) is 0 Å². The van der Waals surface area contributed by atoms with E-state index in [9.17, 15) is 4.39 Å². The molecule has 1 saturated heterocycles. The molecule has 5 nitrogen and oxygen atoms in total. The van der Waals surface area contributed by atoms with Crippen molar-refractivity contribution in [2.45, 2.75) is 25.9 Å². The molecule has 2 atom stereocenters. The van der Waals surface area contributed by atoms with E-state index in [0.29, 0.717) is 18.3 Å². The molecule has 7 heteroatoms. The highest BCUT2D eigenvalue weighted by atomic mass is 32.1. The maximum absolute atomic E-state index is 13.9. The monoisotopic (exact) mass is 424 g/mol. The van der Waals surface area contributed by atoms with Gasteiger partial charge in [0.2, 0.25) is 0 Å². The van der Waals surface area contributed by atoms with Gasteiger partial charge in [-0.05, 0) is 68.0 Å². The van der Waals surface area contributed by atoms with E-state index in [1.165, 1.54) is 6.07 Å². The fourth-order valence-corrected chi connectivity index (χ4v) is 4.61. The van der Waals surface area contributed by atoms with E-state index in [1.807, 2.05) is 31.2 Å². The van der Waals surface area contributed by atoms with Gasteiger partial charge < -0.3 is 19.5 Å². The summed E-state index contributed by atoms with van der Waals surface area (Å²) in [4.78, 5) is 6.74. The third-order valence-corrected chi connectivity index (χ3v) is 5.94. The number of rotatable bonds is 6. The molecule has 1 N–H and O–H groups in total. The summed E-state index contributed by atoms with van der Waals surface area (Å²) in [6.45, 7) is 5.34. The van der Waals surface area contributed by atoms with Gasteiger partial charge in [0.15, 0.2) is 5.11 Å². The standard InChI is InChI=1S/C23H25FN4OS/c1-15-13-19(16(2)28(15)18-8-6-7-17(24)14-18)22-21(20-9-4-5-10-25-20)26-23(30)27(22)11-12-29-3/h4-10,13-14,21-22H,11-12H2,1-3H3,(H,26,30)/t21-,22-/m1/s1. The van der Waals surface area contributed by atoms with Crippen LogP contribution in [-0.4, -0.2) is 39.8 Å². The maximum Gasteiger partial charge on any atom is 0.170 e. The molecule has 0 unspecified atom stereocenters. The van der Waals surface area contributed by atoms with Crippen molar-refractivity contribution in [1.29, 1.82) is 0 Å². The van der Waals surface area contributed by atoms with Crippen LogP contribution in [0.4, 0.5) is 4.39 Å². The lowest BCUT2D eigenvalue weighted by Crippen LogP contribution is -2.32. The minimum Gasteiger partial charge on any atom is -0.383 e. The summed E-state index contributed by atoms with van der Waals surface area (Å²) in [6, 6.07) is 14.6. The first-order valence-corrected chi connectivity index (χ1v) is 10.3. The zero-order valence-electron chi connectivity index (χ0n) is 17.3. The summed E-state index contributed by atoms with van der Waals surface area (Å²) >= 11 is 5.68. The lowest BCUT2D eigenvalue weighted by molar-refractivity contribution is 0.164. The van der Waals surface area contributed by atoms with Gasteiger partial charge in [-0.1, -0.05) is 12.1 Å². The second kappa shape index (κ2) is 8.53. The van der Waals surface area contributed by atoms with Crippen molar-refractivity contribution in [2.24, 2.45) is 0 Å². The summed E-state index contributed by atoms with van der Waals surface area (Å²) in [5, 5.41) is 4.14. The van der Waals surface area contributed by atoms with Crippen LogP contribution in [0.15, 0.2) is 54.7 Å². The number of benzene rings is 1. The molecule has 0 amide bonds. The van der Waals surface area contributed by atoms with Crippen molar-refractivity contribution in [2.75, 3.05) is 20.3 Å². The van der Waals surface area contributed by atoms with E-state index in [0.717, 1.165) is 28.3 Å². The summed E-state index contributed by atoms with van der Waals surface area (Å²) in [6.07, 6.45) is 1.80. The van der Waals surface area contributed by atoms with E-state index in [-0.39, 0.29) is 17.9 Å². The van der Waals surface area contributed by atoms with E-state index < -0.39 is 0 Å². The molecule has 1 aliphatic heterocycles. The molecule has 0 aliphatic carbocycles. The molecule has 1 aromatic carbocycles. The third kappa shape index (κ3) is 3.70. The van der Waals surface area contributed by atoms with E-state index in [4.69, 9.17) is 17.0 Å². The molecule has 0 saturated carbocycles. The number of aromatic nitrogens is 2. The average Bonchev–Trinajstić information content (AvgIpc) is 3.22. The van der Waals surface area contributed by atoms with Gasteiger partial charge in [-0.25, -0.2) is 4.39 Å². The smallest absolute Gasteiger partial charge is 0.170 e. The van der Waals surface area contributed by atoms with Crippen molar-refractivity contribution < 1.29 is 9.13 Å². The molecule has 0 bridgehead atoms. The van der Waals surface area contributed by atoms with Crippen LogP contribution in [0.1, 0.15) is 34.7 Å². The molecule has 2 aromatic heterocycles. The lowest BCUT2D eigenvalue weighted by Gasteiger charge is -2.28. The second-order valence-corrected chi connectivity index (χ2v) is 7.84. The number of ether oxygens (including phenoxy) is 1. The fourth-order valence-electron chi connectivity index (χ4n) is 4.27. The zero-order chi connectivity index (χ0) is 21.3. The number of methoxy groups -OCH3 is 1. The van der Waals surface area contributed by atoms with Gasteiger partial charge in [-0.2, -0.15) is 0 Å². The van der Waals surface area contributed by atoms with Gasteiger partial charge in [0.05, 0.1) is 24.4 Å². The molecule has 30 heavy (non-hydrogen) atoms. The van der Waals surface area contributed by atoms with Gasteiger partial charge >= 0.3 is 0 Å². The number of halogens is 1. The summed E-state index contributed by atoms with van der Waals surface area (Å²) in [5.41, 5.74) is 4.97. The number of hydrogen-bond donors (Lipinski definition) is 1. The van der Waals surface area contributed by atoms with Crippen LogP contribution in [0.25, 0.3) is 5.69 Å². The largest absolute Gasteiger partial charge is 0.383 e. The Morgan fingerprint density at radius 1 is 1.17 bits per heavy atom. The Bertz CT molecular complexity index is 1050. The quantitative estimate of drug-likeness (QED) is 0.600. The van der Waals surface area contributed by atoms with Gasteiger partial charge in [0.1, 0.15) is 5.82 Å². The van der Waals surface area contributed by atoms with E-state index >= 15 is 0 Å². The van der Waals surface area contributed by atoms with Crippen molar-refractivity contribution in [1.82, 2.24) is 19.8 Å². The maximum atomic E-state index is 13.9. The Kier molecular flexibility index (Phi) is 5.83. The molecule has 3 heterocycles. The van der Waals surface area contributed by atoms with Gasteiger partial charge in [-0.3, -0.25) is 4.98 Å². The Morgan fingerprint density at radius 3 is 2.70 bits per heavy atom. The number of nitrogens with one attached hydrogen (secondary N) is 1. The van der Waals surface area contributed by atoms with Crippen molar-refractivity contribution >= 4 is 17.3 Å². The summed E-state index contributed by atoms with van der Waals surface area (Å²) < 4.78 is 21.3. The number of aryl methyl sites for hydroxylation is 1. The van der Waals surface area contributed by atoms with Crippen molar-refractivity contribution in [3.8, 4) is 5.69 Å². The second-order valence-electron chi connectivity index (χ2n) is 7.45. The molecule has 0 radical (unpaired) electrons. The van der Waals surface area contributed by atoms with Crippen LogP contribution in [-0.2, 0) is 4.74 Å². The summed E-state index contributed by atoms with van der Waals surface area (Å²) in [5.74, 6) is -0.252. The minimum atomic E-state index is -0.252. The molecule has 4 rings (SSSR count). The Hall–Kier alpha value is -2.77. The molecule has 1 fully saturated rings. The number of pyridine rings is 1. The first kappa shape index (κ1) is 20.5. The van der Waals surface area contributed by atoms with Gasteiger partial charge in [0, 0.05) is 36.9 Å².